The van der Waals surface area contributed by atoms with E-state index < -0.39 is 0 Å². The van der Waals surface area contributed by atoms with E-state index in [2.05, 4.69) is 12.2 Å². The molecule has 0 amide bonds. The molecule has 1 aromatic rings. The van der Waals surface area contributed by atoms with Crippen molar-refractivity contribution in [1.82, 2.24) is 5.32 Å². The first kappa shape index (κ1) is 11.3. The van der Waals surface area contributed by atoms with Gasteiger partial charge in [-0.1, -0.05) is 6.92 Å². The summed E-state index contributed by atoms with van der Waals surface area (Å²) >= 11 is 0. The van der Waals surface area contributed by atoms with Crippen molar-refractivity contribution in [3.8, 4) is 0 Å². The van der Waals surface area contributed by atoms with Crippen LogP contribution >= 0.6 is 0 Å². The van der Waals surface area contributed by atoms with Crippen LogP contribution in [0.2, 0.25) is 0 Å². The Hall–Kier alpha value is -0.800. The Morgan fingerprint density at radius 2 is 2.29 bits per heavy atom. The van der Waals surface area contributed by atoms with E-state index in [4.69, 9.17) is 9.15 Å². The normalized spacial score (nSPS) is 13.4. The maximum atomic E-state index is 5.58. The van der Waals surface area contributed by atoms with Crippen LogP contribution < -0.4 is 5.32 Å². The number of hydrogen-bond donors (Lipinski definition) is 1. The Morgan fingerprint density at radius 3 is 2.79 bits per heavy atom. The number of likely N-dealkylation sites (N-methyl/N-ethyl adjacent to an activating group) is 1. The summed E-state index contributed by atoms with van der Waals surface area (Å²) in [6.45, 7) is 7.78. The van der Waals surface area contributed by atoms with Gasteiger partial charge in [0.05, 0.1) is 31.3 Å². The van der Waals surface area contributed by atoms with E-state index in [1.54, 1.807) is 12.5 Å². The van der Waals surface area contributed by atoms with E-state index in [-0.39, 0.29) is 12.1 Å². The summed E-state index contributed by atoms with van der Waals surface area (Å²) in [5.74, 6) is 0. The van der Waals surface area contributed by atoms with Gasteiger partial charge in [0.25, 0.3) is 0 Å². The Balaban J connectivity index is 2.47. The molecule has 1 N–H and O–H groups in total. The van der Waals surface area contributed by atoms with Gasteiger partial charge in [-0.25, -0.2) is 0 Å². The van der Waals surface area contributed by atoms with E-state index >= 15 is 0 Å². The summed E-state index contributed by atoms with van der Waals surface area (Å²) < 4.78 is 10.6. The van der Waals surface area contributed by atoms with Crippen molar-refractivity contribution in [1.29, 1.82) is 0 Å². The van der Waals surface area contributed by atoms with Crippen LogP contribution in [0.5, 0.6) is 0 Å². The van der Waals surface area contributed by atoms with Crippen molar-refractivity contribution >= 4 is 0 Å². The third kappa shape index (κ3) is 3.52. The van der Waals surface area contributed by atoms with E-state index in [1.165, 1.54) is 0 Å². The fraction of sp³-hybridized carbons (Fsp3) is 0.636. The first-order valence-electron chi connectivity index (χ1n) is 5.11. The molecule has 0 bridgehead atoms. The summed E-state index contributed by atoms with van der Waals surface area (Å²) in [4.78, 5) is 0. The van der Waals surface area contributed by atoms with E-state index in [0.29, 0.717) is 6.61 Å². The largest absolute Gasteiger partial charge is 0.472 e. The maximum absolute atomic E-state index is 5.58. The zero-order valence-corrected chi connectivity index (χ0v) is 9.12. The van der Waals surface area contributed by atoms with Crippen molar-refractivity contribution in [3.63, 3.8) is 0 Å². The molecule has 0 fully saturated rings. The highest BCUT2D eigenvalue weighted by molar-refractivity contribution is 5.11. The average molecular weight is 197 g/mol. The molecule has 3 heteroatoms. The predicted octanol–water partition coefficient (Wildman–Crippen LogP) is 2.36. The topological polar surface area (TPSA) is 34.4 Å². The molecule has 0 spiro atoms. The van der Waals surface area contributed by atoms with E-state index in [1.807, 2.05) is 19.9 Å². The molecule has 0 saturated carbocycles. The summed E-state index contributed by atoms with van der Waals surface area (Å²) in [7, 11) is 0. The van der Waals surface area contributed by atoms with Crippen molar-refractivity contribution in [3.05, 3.63) is 24.2 Å². The molecule has 0 radical (unpaired) electrons. The summed E-state index contributed by atoms with van der Waals surface area (Å²) in [5.41, 5.74) is 1.15. The minimum absolute atomic E-state index is 0.237. The molecule has 1 aromatic heterocycles. The van der Waals surface area contributed by atoms with Crippen LogP contribution in [0.1, 0.15) is 32.4 Å². The van der Waals surface area contributed by atoms with Gasteiger partial charge < -0.3 is 14.5 Å². The lowest BCUT2D eigenvalue weighted by Crippen LogP contribution is -2.26. The maximum Gasteiger partial charge on any atom is 0.0951 e. The molecule has 0 aromatic carbocycles. The Labute approximate surface area is 85.4 Å². The van der Waals surface area contributed by atoms with Gasteiger partial charge in [-0.15, -0.1) is 0 Å². The molecule has 1 heterocycles. The Bertz CT molecular complexity index is 231. The zero-order chi connectivity index (χ0) is 10.4. The highest BCUT2D eigenvalue weighted by Gasteiger charge is 2.11. The van der Waals surface area contributed by atoms with E-state index in [9.17, 15) is 0 Å². The molecule has 1 rings (SSSR count). The van der Waals surface area contributed by atoms with Gasteiger partial charge >= 0.3 is 0 Å². The first-order chi connectivity index (χ1) is 6.74. The van der Waals surface area contributed by atoms with Crippen LogP contribution in [0.3, 0.4) is 0 Å². The molecule has 0 saturated heterocycles. The van der Waals surface area contributed by atoms with Gasteiger partial charge in [-0.3, -0.25) is 0 Å². The number of rotatable bonds is 6. The fourth-order valence-electron chi connectivity index (χ4n) is 1.28. The second kappa shape index (κ2) is 5.83. The third-order valence-electron chi connectivity index (χ3n) is 1.99. The summed E-state index contributed by atoms with van der Waals surface area (Å²) in [5, 5.41) is 3.36. The third-order valence-corrected chi connectivity index (χ3v) is 1.99. The van der Waals surface area contributed by atoms with Gasteiger partial charge in [-0.2, -0.15) is 0 Å². The number of furan rings is 1. The molecule has 80 valence electrons. The molecule has 1 unspecified atom stereocenters. The molecular formula is C11H19NO2. The van der Waals surface area contributed by atoms with Gasteiger partial charge in [0, 0.05) is 5.56 Å². The minimum atomic E-state index is 0.237. The number of nitrogens with one attached hydrogen (secondary N) is 1. The molecule has 0 aliphatic carbocycles. The van der Waals surface area contributed by atoms with Gasteiger partial charge in [0.15, 0.2) is 0 Å². The second-order valence-corrected chi connectivity index (χ2v) is 3.55. The summed E-state index contributed by atoms with van der Waals surface area (Å²) in [6, 6.07) is 2.21. The quantitative estimate of drug-likeness (QED) is 0.760. The fourth-order valence-corrected chi connectivity index (χ4v) is 1.28. The van der Waals surface area contributed by atoms with Gasteiger partial charge in [-0.05, 0) is 26.5 Å². The zero-order valence-electron chi connectivity index (χ0n) is 9.12. The molecule has 1 atom stereocenters. The minimum Gasteiger partial charge on any atom is -0.472 e. The SMILES string of the molecule is CCNC(COC(C)C)c1ccoc1. The lowest BCUT2D eigenvalue weighted by molar-refractivity contribution is 0.0613. The summed E-state index contributed by atoms with van der Waals surface area (Å²) in [6.07, 6.45) is 3.72. The average Bonchev–Trinajstić information content (AvgIpc) is 2.64. The van der Waals surface area contributed by atoms with Crippen LogP contribution in [0.25, 0.3) is 0 Å². The van der Waals surface area contributed by atoms with Crippen molar-refractivity contribution in [2.75, 3.05) is 13.2 Å². The van der Waals surface area contributed by atoms with Crippen molar-refractivity contribution < 1.29 is 9.15 Å². The lowest BCUT2D eigenvalue weighted by atomic mass is 10.1. The van der Waals surface area contributed by atoms with Crippen LogP contribution in [0, 0.1) is 0 Å². The Kier molecular flexibility index (Phi) is 4.70. The van der Waals surface area contributed by atoms with Crippen molar-refractivity contribution in [2.45, 2.75) is 32.9 Å². The molecule has 14 heavy (non-hydrogen) atoms. The smallest absolute Gasteiger partial charge is 0.0951 e. The van der Waals surface area contributed by atoms with Crippen LogP contribution in [-0.4, -0.2) is 19.3 Å². The highest BCUT2D eigenvalue weighted by Crippen LogP contribution is 2.14. The monoisotopic (exact) mass is 197 g/mol. The second-order valence-electron chi connectivity index (χ2n) is 3.55. The number of hydrogen-bond acceptors (Lipinski definition) is 3. The van der Waals surface area contributed by atoms with Gasteiger partial charge in [0.2, 0.25) is 0 Å². The number of ether oxygens (including phenoxy) is 1. The molecule has 3 nitrogen and oxygen atoms in total. The van der Waals surface area contributed by atoms with Crippen LogP contribution in [0.15, 0.2) is 23.0 Å². The van der Waals surface area contributed by atoms with Gasteiger partial charge in [0.1, 0.15) is 0 Å². The first-order valence-corrected chi connectivity index (χ1v) is 5.11. The van der Waals surface area contributed by atoms with Crippen molar-refractivity contribution in [2.24, 2.45) is 0 Å². The molecule has 0 aliphatic rings. The molecular weight excluding hydrogens is 178 g/mol. The molecule has 0 aliphatic heterocycles. The van der Waals surface area contributed by atoms with Crippen LogP contribution in [-0.2, 0) is 4.74 Å². The standard InChI is InChI=1S/C11H19NO2/c1-4-12-11(8-14-9(2)3)10-5-6-13-7-10/h5-7,9,11-12H,4,8H2,1-3H3. The highest BCUT2D eigenvalue weighted by atomic mass is 16.5. The predicted molar refractivity (Wildman–Crippen MR) is 56.2 cm³/mol. The lowest BCUT2D eigenvalue weighted by Gasteiger charge is -2.17. The Morgan fingerprint density at radius 1 is 1.50 bits per heavy atom. The van der Waals surface area contributed by atoms with Crippen LogP contribution in [0.4, 0.5) is 0 Å². The van der Waals surface area contributed by atoms with E-state index in [0.717, 1.165) is 12.1 Å².